The highest BCUT2D eigenvalue weighted by atomic mass is 35.5. The molecule has 29 heavy (non-hydrogen) atoms. The van der Waals surface area contributed by atoms with E-state index in [1.165, 1.54) is 19.3 Å². The third-order valence-electron chi connectivity index (χ3n) is 5.65. The van der Waals surface area contributed by atoms with Crippen LogP contribution >= 0.6 is 34.7 Å². The number of hydrogen-bond donors (Lipinski definition) is 0. The van der Waals surface area contributed by atoms with E-state index in [4.69, 9.17) is 16.6 Å². The number of thioether (sulfide) groups is 1. The van der Waals surface area contributed by atoms with Gasteiger partial charge in [-0.25, -0.2) is 4.98 Å². The van der Waals surface area contributed by atoms with Crippen molar-refractivity contribution >= 4 is 55.0 Å². The molecule has 0 radical (unpaired) electrons. The number of nitrogens with zero attached hydrogens (tertiary/aromatic N) is 2. The van der Waals surface area contributed by atoms with E-state index in [0.29, 0.717) is 5.75 Å². The van der Waals surface area contributed by atoms with Crippen molar-refractivity contribution in [1.82, 2.24) is 9.55 Å². The highest BCUT2D eigenvalue weighted by Crippen LogP contribution is 2.36. The van der Waals surface area contributed by atoms with E-state index in [-0.39, 0.29) is 11.6 Å². The van der Waals surface area contributed by atoms with Gasteiger partial charge in [0.2, 0.25) is 0 Å². The van der Waals surface area contributed by atoms with Crippen molar-refractivity contribution in [2.45, 2.75) is 49.1 Å². The predicted molar refractivity (Wildman–Crippen MR) is 125 cm³/mol. The van der Waals surface area contributed by atoms with E-state index in [1.54, 1.807) is 23.1 Å². The van der Waals surface area contributed by atoms with E-state index in [1.807, 2.05) is 41.0 Å². The summed E-state index contributed by atoms with van der Waals surface area (Å²) in [5, 5.41) is 2.64. The molecule has 1 fully saturated rings. The molecule has 0 spiro atoms. The van der Waals surface area contributed by atoms with Crippen molar-refractivity contribution in [3.05, 3.63) is 69.5 Å². The van der Waals surface area contributed by atoms with Crippen LogP contribution in [-0.4, -0.2) is 9.55 Å². The molecule has 1 aliphatic rings. The lowest BCUT2D eigenvalue weighted by Crippen LogP contribution is -2.28. The van der Waals surface area contributed by atoms with Gasteiger partial charge in [-0.05, 0) is 30.5 Å². The SMILES string of the molecule is O=c1c2sc3ccccc3c2nc(SCc2ccccc2Cl)n1C1CCCCC1. The Bertz CT molecular complexity index is 1240. The second-order valence-electron chi connectivity index (χ2n) is 7.52. The maximum atomic E-state index is 13.6. The average molecular weight is 441 g/mol. The molecule has 2 heterocycles. The molecule has 1 aliphatic carbocycles. The smallest absolute Gasteiger partial charge is 0.272 e. The Kier molecular flexibility index (Phi) is 5.37. The van der Waals surface area contributed by atoms with Crippen molar-refractivity contribution in [2.75, 3.05) is 0 Å². The first kappa shape index (κ1) is 19.2. The van der Waals surface area contributed by atoms with E-state index in [9.17, 15) is 4.79 Å². The van der Waals surface area contributed by atoms with Gasteiger partial charge >= 0.3 is 0 Å². The quantitative estimate of drug-likeness (QED) is 0.251. The second kappa shape index (κ2) is 8.13. The molecule has 0 saturated heterocycles. The minimum absolute atomic E-state index is 0.116. The van der Waals surface area contributed by atoms with Gasteiger partial charge in [-0.2, -0.15) is 0 Å². The van der Waals surface area contributed by atoms with E-state index < -0.39 is 0 Å². The van der Waals surface area contributed by atoms with Gasteiger partial charge in [-0.15, -0.1) is 11.3 Å². The molecule has 0 bridgehead atoms. The fraction of sp³-hybridized carbons (Fsp3) is 0.304. The fourth-order valence-corrected chi connectivity index (χ4v) is 6.58. The minimum atomic E-state index is 0.116. The van der Waals surface area contributed by atoms with Crippen molar-refractivity contribution in [3.63, 3.8) is 0 Å². The van der Waals surface area contributed by atoms with Gasteiger partial charge in [0.15, 0.2) is 5.16 Å². The first-order chi connectivity index (χ1) is 14.2. The number of rotatable bonds is 4. The summed E-state index contributed by atoms with van der Waals surface area (Å²) in [6, 6.07) is 16.3. The number of aromatic nitrogens is 2. The normalized spacial score (nSPS) is 15.3. The largest absolute Gasteiger partial charge is 0.283 e. The molecule has 3 nitrogen and oxygen atoms in total. The van der Waals surface area contributed by atoms with Crippen LogP contribution in [0.4, 0.5) is 0 Å². The molecule has 5 rings (SSSR count). The van der Waals surface area contributed by atoms with Crippen LogP contribution in [0.5, 0.6) is 0 Å². The van der Waals surface area contributed by atoms with Gasteiger partial charge in [0.05, 0.1) is 5.52 Å². The zero-order valence-corrected chi connectivity index (χ0v) is 18.3. The summed E-state index contributed by atoms with van der Waals surface area (Å²) >= 11 is 9.55. The highest BCUT2D eigenvalue weighted by molar-refractivity contribution is 7.98. The van der Waals surface area contributed by atoms with Gasteiger partial charge < -0.3 is 0 Å². The van der Waals surface area contributed by atoms with Gasteiger partial charge in [-0.1, -0.05) is 79.0 Å². The Labute approximate surface area is 182 Å². The molecule has 0 atom stereocenters. The Morgan fingerprint density at radius 3 is 2.66 bits per heavy atom. The number of benzene rings is 2. The predicted octanol–water partition coefficient (Wildman–Crippen LogP) is 7.06. The van der Waals surface area contributed by atoms with Crippen LogP contribution < -0.4 is 5.56 Å². The molecular weight excluding hydrogens is 420 g/mol. The molecule has 2 aromatic heterocycles. The van der Waals surface area contributed by atoms with Gasteiger partial charge in [0.25, 0.3) is 5.56 Å². The standard InChI is InChI=1S/C23H21ClN2OS2/c24-18-12-6-4-8-15(18)14-28-23-25-20-17-11-5-7-13-19(17)29-21(20)22(27)26(23)16-9-2-1-3-10-16/h4-8,11-13,16H,1-3,9-10,14H2. The van der Waals surface area contributed by atoms with E-state index in [0.717, 1.165) is 48.9 Å². The Hall–Kier alpha value is -1.82. The molecule has 4 aromatic rings. The maximum Gasteiger partial charge on any atom is 0.272 e. The highest BCUT2D eigenvalue weighted by Gasteiger charge is 2.23. The van der Waals surface area contributed by atoms with Crippen LogP contribution in [0.1, 0.15) is 43.7 Å². The number of halogens is 1. The Morgan fingerprint density at radius 1 is 1.07 bits per heavy atom. The molecule has 1 saturated carbocycles. The van der Waals surface area contributed by atoms with Crippen LogP contribution in [-0.2, 0) is 5.75 Å². The number of hydrogen-bond acceptors (Lipinski definition) is 4. The van der Waals surface area contributed by atoms with Crippen LogP contribution in [0, 0.1) is 0 Å². The first-order valence-electron chi connectivity index (χ1n) is 10.0. The summed E-state index contributed by atoms with van der Waals surface area (Å²) in [7, 11) is 0. The van der Waals surface area contributed by atoms with Crippen LogP contribution in [0.3, 0.4) is 0 Å². The Morgan fingerprint density at radius 2 is 1.83 bits per heavy atom. The molecule has 0 amide bonds. The molecule has 6 heteroatoms. The lowest BCUT2D eigenvalue weighted by atomic mass is 9.95. The zero-order chi connectivity index (χ0) is 19.8. The second-order valence-corrected chi connectivity index (χ2v) is 9.92. The monoisotopic (exact) mass is 440 g/mol. The van der Waals surface area contributed by atoms with Crippen molar-refractivity contribution in [3.8, 4) is 0 Å². The minimum Gasteiger partial charge on any atom is -0.283 e. The van der Waals surface area contributed by atoms with Gasteiger partial charge in [0, 0.05) is 26.9 Å². The fourth-order valence-electron chi connectivity index (χ4n) is 4.15. The lowest BCUT2D eigenvalue weighted by molar-refractivity contribution is 0.326. The van der Waals surface area contributed by atoms with Crippen LogP contribution in [0.2, 0.25) is 5.02 Å². The van der Waals surface area contributed by atoms with Crippen molar-refractivity contribution in [2.24, 2.45) is 0 Å². The third kappa shape index (κ3) is 3.60. The Balaban J connectivity index is 1.65. The summed E-state index contributed by atoms with van der Waals surface area (Å²) in [4.78, 5) is 18.6. The van der Waals surface area contributed by atoms with Crippen molar-refractivity contribution in [1.29, 1.82) is 0 Å². The summed E-state index contributed by atoms with van der Waals surface area (Å²) in [6.45, 7) is 0. The first-order valence-corrected chi connectivity index (χ1v) is 12.2. The summed E-state index contributed by atoms with van der Waals surface area (Å²) in [5.41, 5.74) is 2.02. The van der Waals surface area contributed by atoms with Crippen LogP contribution in [0.15, 0.2) is 58.5 Å². The van der Waals surface area contributed by atoms with Gasteiger partial charge in [-0.3, -0.25) is 9.36 Å². The van der Waals surface area contributed by atoms with E-state index >= 15 is 0 Å². The molecule has 2 aromatic carbocycles. The molecule has 0 unspecified atom stereocenters. The number of fused-ring (bicyclic) bond motifs is 3. The van der Waals surface area contributed by atoms with Gasteiger partial charge in [0.1, 0.15) is 4.70 Å². The molecule has 148 valence electrons. The molecule has 0 aliphatic heterocycles. The summed E-state index contributed by atoms with van der Waals surface area (Å²) in [5.74, 6) is 0.701. The third-order valence-corrected chi connectivity index (χ3v) is 8.17. The zero-order valence-electron chi connectivity index (χ0n) is 15.9. The molecule has 0 N–H and O–H groups in total. The molecular formula is C23H21ClN2OS2. The topological polar surface area (TPSA) is 34.9 Å². The van der Waals surface area contributed by atoms with Crippen LogP contribution in [0.25, 0.3) is 20.3 Å². The van der Waals surface area contributed by atoms with E-state index in [2.05, 4.69) is 12.1 Å². The summed E-state index contributed by atoms with van der Waals surface area (Å²) in [6.07, 6.45) is 5.72. The summed E-state index contributed by atoms with van der Waals surface area (Å²) < 4.78 is 3.88. The lowest BCUT2D eigenvalue weighted by Gasteiger charge is -2.25. The maximum absolute atomic E-state index is 13.6. The van der Waals surface area contributed by atoms with Crippen molar-refractivity contribution < 1.29 is 0 Å². The average Bonchev–Trinajstić information content (AvgIpc) is 3.13. The number of thiophene rings is 1.